The molecule has 0 aromatic heterocycles. The molecule has 0 saturated heterocycles. The van der Waals surface area contributed by atoms with Crippen molar-refractivity contribution < 1.29 is 29.8 Å². The fourth-order valence-electron chi connectivity index (χ4n) is 1.54. The third kappa shape index (κ3) is 8.57. The van der Waals surface area contributed by atoms with E-state index in [1.54, 1.807) is 0 Å². The van der Waals surface area contributed by atoms with Gasteiger partial charge in [0.1, 0.15) is 0 Å². The molecule has 0 atom stereocenters. The number of hydrogen-bond donors (Lipinski definition) is 1. The van der Waals surface area contributed by atoms with E-state index in [4.69, 9.17) is 8.17 Å². The second kappa shape index (κ2) is 11.0. The summed E-state index contributed by atoms with van der Waals surface area (Å²) in [5.41, 5.74) is 0. The fraction of sp³-hybridized carbons (Fsp3) is 0.571. The fourth-order valence-corrected chi connectivity index (χ4v) is 3.14. The number of halogens is 1. The summed E-state index contributed by atoms with van der Waals surface area (Å²) in [6.45, 7) is 1.24. The molecule has 2 nitrogen and oxygen atoms in total. The molecular weight excluding hydrogens is 327 g/mol. The first-order valence-electron chi connectivity index (χ1n) is 6.36. The maximum atomic E-state index is 8.63. The van der Waals surface area contributed by atoms with E-state index < -0.39 is 0 Å². The van der Waals surface area contributed by atoms with Crippen molar-refractivity contribution in [1.29, 1.82) is 0 Å². The zero-order valence-electron chi connectivity index (χ0n) is 10.3. The van der Waals surface area contributed by atoms with E-state index in [2.05, 4.69) is 24.3 Å². The van der Waals surface area contributed by atoms with Crippen LogP contribution in [0.1, 0.15) is 38.5 Å². The molecule has 0 aliphatic rings. The Labute approximate surface area is 115 Å². The van der Waals surface area contributed by atoms with Crippen LogP contribution < -0.4 is 21.6 Å². The van der Waals surface area contributed by atoms with Crippen LogP contribution >= 0.6 is 0 Å². The molecule has 0 bridgehead atoms. The Bertz CT molecular complexity index is 264. The van der Waals surface area contributed by atoms with Crippen LogP contribution in [0.25, 0.3) is 0 Å². The van der Waals surface area contributed by atoms with Crippen LogP contribution in [0.3, 0.4) is 0 Å². The first kappa shape index (κ1) is 14.9. The predicted octanol–water partition coefficient (Wildman–Crippen LogP) is 0.210. The van der Waals surface area contributed by atoms with Gasteiger partial charge in [-0.1, -0.05) is 0 Å². The monoisotopic (exact) mass is 349 g/mol. The second-order valence-corrected chi connectivity index (χ2v) is 6.34. The van der Waals surface area contributed by atoms with Gasteiger partial charge in [0, 0.05) is 0 Å². The topological polar surface area (TPSA) is 29.5 Å². The van der Waals surface area contributed by atoms with Gasteiger partial charge in [-0.2, -0.15) is 0 Å². The molecule has 0 heterocycles. The van der Waals surface area contributed by atoms with Gasteiger partial charge in [-0.15, -0.1) is 0 Å². The van der Waals surface area contributed by atoms with Gasteiger partial charge in [0.15, 0.2) is 0 Å². The number of aliphatic hydroxyl groups is 1. The number of benzene rings is 1. The summed E-state index contributed by atoms with van der Waals surface area (Å²) in [4.78, 5) is 0. The average Bonchev–Trinajstić information content (AvgIpc) is 2.38. The molecule has 1 N–H and O–H groups in total. The van der Waals surface area contributed by atoms with Crippen LogP contribution in [0.5, 0.6) is 0 Å². The van der Waals surface area contributed by atoms with Gasteiger partial charge in [-0.25, -0.2) is 0 Å². The minimum atomic E-state index is -0.238. The maximum absolute atomic E-state index is 8.63. The van der Waals surface area contributed by atoms with Crippen molar-refractivity contribution in [2.24, 2.45) is 0 Å². The van der Waals surface area contributed by atoms with E-state index in [0.717, 1.165) is 19.4 Å². The first-order valence-corrected chi connectivity index (χ1v) is 8.32. The molecule has 1 aromatic rings. The van der Waals surface area contributed by atoms with Crippen molar-refractivity contribution in [3.8, 4) is 0 Å². The summed E-state index contributed by atoms with van der Waals surface area (Å²) >= 11 is -0.238. The first-order chi connectivity index (χ1) is 8.43. The number of unbranched alkanes of at least 4 members (excludes halogenated alkanes) is 5. The Balaban J connectivity index is 1.85. The third-order valence-corrected chi connectivity index (χ3v) is 4.49. The Morgan fingerprint density at radius 3 is 2.24 bits per heavy atom. The second-order valence-electron chi connectivity index (χ2n) is 4.03. The van der Waals surface area contributed by atoms with Crippen molar-refractivity contribution in [1.82, 2.24) is 0 Å². The molecule has 0 aliphatic carbocycles. The van der Waals surface area contributed by atoms with E-state index in [0.29, 0.717) is 6.61 Å². The molecule has 0 amide bonds. The van der Waals surface area contributed by atoms with Crippen molar-refractivity contribution in [2.45, 2.75) is 38.5 Å². The summed E-state index contributed by atoms with van der Waals surface area (Å²) in [5, 5.41) is 8.63. The van der Waals surface area contributed by atoms with Crippen LogP contribution in [-0.4, -0.2) is 18.3 Å². The summed E-state index contributed by atoms with van der Waals surface area (Å²) < 4.78 is 7.07. The standard InChI is InChI=1S/C14H22IO2/c16-12-8-3-1-2-4-9-13-17-15-14-10-6-5-7-11-14/h5-7,10-11,16H,1-4,8-9,12-13H2/q-1. The number of rotatable bonds is 10. The van der Waals surface area contributed by atoms with Crippen molar-refractivity contribution in [3.05, 3.63) is 33.9 Å². The Morgan fingerprint density at radius 2 is 1.53 bits per heavy atom. The van der Waals surface area contributed by atoms with Crippen LogP contribution in [0.15, 0.2) is 30.3 Å². The molecule has 0 radical (unpaired) electrons. The SMILES string of the molecule is OCCCCCCCCO[I-]c1ccccc1. The van der Waals surface area contributed by atoms with E-state index in [1.165, 1.54) is 29.3 Å². The molecule has 0 unspecified atom stereocenters. The molecule has 98 valence electrons. The van der Waals surface area contributed by atoms with Gasteiger partial charge in [0.25, 0.3) is 0 Å². The molecule has 1 aromatic carbocycles. The zero-order chi connectivity index (χ0) is 12.2. The summed E-state index contributed by atoms with van der Waals surface area (Å²) in [6.07, 6.45) is 7.06. The molecular formula is C14H22IO2-. The molecule has 0 spiro atoms. The Kier molecular flexibility index (Phi) is 9.65. The van der Waals surface area contributed by atoms with Gasteiger partial charge in [0.2, 0.25) is 0 Å². The van der Waals surface area contributed by atoms with Crippen LogP contribution in [0.2, 0.25) is 0 Å². The summed E-state index contributed by atoms with van der Waals surface area (Å²) in [5.74, 6) is 0. The van der Waals surface area contributed by atoms with E-state index in [1.807, 2.05) is 6.07 Å². The molecule has 0 saturated carbocycles. The van der Waals surface area contributed by atoms with E-state index in [9.17, 15) is 0 Å². The molecule has 17 heavy (non-hydrogen) atoms. The molecule has 1 rings (SSSR count). The Hall–Kier alpha value is -0.130. The normalized spacial score (nSPS) is 10.9. The number of aliphatic hydroxyl groups excluding tert-OH is 1. The van der Waals surface area contributed by atoms with E-state index in [-0.39, 0.29) is 21.6 Å². The van der Waals surface area contributed by atoms with Crippen LogP contribution in [-0.2, 0) is 3.07 Å². The van der Waals surface area contributed by atoms with Crippen LogP contribution in [0.4, 0.5) is 0 Å². The van der Waals surface area contributed by atoms with Gasteiger partial charge in [-0.05, 0) is 0 Å². The minimum absolute atomic E-state index is 0.238. The Morgan fingerprint density at radius 1 is 0.882 bits per heavy atom. The quantitative estimate of drug-likeness (QED) is 0.484. The van der Waals surface area contributed by atoms with Gasteiger partial charge in [-0.3, -0.25) is 0 Å². The predicted molar refractivity (Wildman–Crippen MR) is 65.9 cm³/mol. The van der Waals surface area contributed by atoms with Gasteiger partial charge in [0.05, 0.1) is 0 Å². The molecule has 0 fully saturated rings. The van der Waals surface area contributed by atoms with Crippen LogP contribution in [0, 0.1) is 3.57 Å². The number of hydrogen-bond acceptors (Lipinski definition) is 2. The molecule has 3 heteroatoms. The third-order valence-electron chi connectivity index (χ3n) is 2.51. The van der Waals surface area contributed by atoms with Crippen molar-refractivity contribution in [3.63, 3.8) is 0 Å². The van der Waals surface area contributed by atoms with Crippen molar-refractivity contribution in [2.75, 3.05) is 13.2 Å². The van der Waals surface area contributed by atoms with Gasteiger partial charge < -0.3 is 0 Å². The van der Waals surface area contributed by atoms with E-state index >= 15 is 0 Å². The van der Waals surface area contributed by atoms with Crippen molar-refractivity contribution >= 4 is 0 Å². The van der Waals surface area contributed by atoms with Gasteiger partial charge >= 0.3 is 115 Å². The average molecular weight is 349 g/mol. The summed E-state index contributed by atoms with van der Waals surface area (Å²) in [7, 11) is 0. The zero-order valence-corrected chi connectivity index (χ0v) is 12.4. The molecule has 0 aliphatic heterocycles. The summed E-state index contributed by atoms with van der Waals surface area (Å²) in [6, 6.07) is 10.5.